The topological polar surface area (TPSA) is 89.7 Å². The number of fused-ring (bicyclic) bond motifs is 7. The Hall–Kier alpha value is -7.12. The summed E-state index contributed by atoms with van der Waals surface area (Å²) in [5.74, 6) is 3.57. The van der Waals surface area contributed by atoms with Gasteiger partial charge in [0.15, 0.2) is 0 Å². The molecule has 0 unspecified atom stereocenters. The Bertz CT molecular complexity index is 3280. The molecule has 0 aliphatic heterocycles. The summed E-state index contributed by atoms with van der Waals surface area (Å²) >= 11 is 0. The van der Waals surface area contributed by atoms with Gasteiger partial charge in [-0.15, -0.1) is 60.7 Å². The zero-order valence-corrected chi connectivity index (χ0v) is 36.7. The smallest absolute Gasteiger partial charge is 0.509 e. The first-order valence-corrected chi connectivity index (χ1v) is 19.3. The van der Waals surface area contributed by atoms with Gasteiger partial charge in [-0.05, 0) is 47.8 Å². The Labute approximate surface area is 383 Å². The zero-order valence-electron chi connectivity index (χ0n) is 32.2. The summed E-state index contributed by atoms with van der Waals surface area (Å²) in [6.07, 6.45) is 7.56. The van der Waals surface area contributed by atoms with Gasteiger partial charge in [-0.1, -0.05) is 70.3 Å². The van der Waals surface area contributed by atoms with Crippen LogP contribution in [0.1, 0.15) is 0 Å². The van der Waals surface area contributed by atoms with Crippen molar-refractivity contribution in [3.05, 3.63) is 195 Å². The van der Waals surface area contributed by atoms with Gasteiger partial charge >= 0.3 is 42.1 Å². The molecule has 0 spiro atoms. The van der Waals surface area contributed by atoms with Crippen molar-refractivity contribution in [3.63, 3.8) is 0 Å². The Morgan fingerprint density at radius 3 is 1.27 bits per heavy atom. The van der Waals surface area contributed by atoms with Gasteiger partial charge in [0.25, 0.3) is 0 Å². The van der Waals surface area contributed by atoms with Crippen molar-refractivity contribution < 1.29 is 51.6 Å². The number of hydrogen-bond acceptors (Lipinski definition) is 6. The minimum absolute atomic E-state index is 0. The predicted molar refractivity (Wildman–Crippen MR) is 231 cm³/mol. The van der Waals surface area contributed by atoms with Crippen LogP contribution in [0.3, 0.4) is 0 Å². The molecular formula is C50H28N8O2Pt2. The summed E-state index contributed by atoms with van der Waals surface area (Å²) in [6, 6.07) is 61.2. The van der Waals surface area contributed by atoms with Gasteiger partial charge in [-0.25, -0.2) is 9.97 Å². The molecule has 6 aromatic heterocycles. The second-order valence-electron chi connectivity index (χ2n) is 14.2. The molecule has 0 saturated heterocycles. The zero-order chi connectivity index (χ0) is 39.6. The molecule has 62 heavy (non-hydrogen) atoms. The van der Waals surface area contributed by atoms with Crippen LogP contribution in [0.5, 0.6) is 23.0 Å². The third-order valence-corrected chi connectivity index (χ3v) is 10.4. The number of nitrogens with zero attached hydrogens (tertiary/aromatic N) is 8. The maximum atomic E-state index is 6.48. The fourth-order valence-corrected chi connectivity index (χ4v) is 7.81. The van der Waals surface area contributed by atoms with Crippen LogP contribution in [0.4, 0.5) is 0 Å². The van der Waals surface area contributed by atoms with Crippen molar-refractivity contribution in [1.82, 2.24) is 38.7 Å². The molecule has 0 bridgehead atoms. The van der Waals surface area contributed by atoms with Crippen LogP contribution in [-0.4, -0.2) is 38.7 Å². The van der Waals surface area contributed by atoms with Crippen molar-refractivity contribution in [2.24, 2.45) is 0 Å². The standard InChI is InChI=1S/C50H28N8O2.2Pt/c1-3-17-43-33(11-1)31-55(53-43)35-13-9-15-37(27-35)59-39-21-23-41-45(29-39)57(47-19-5-7-25-51-47)50-42-24-22-40(30-46(42)58(49(41)50)48-20-6-8-26-52-48)60-38-16-10-14-36(28-38)56-32-34-12-2-4-18-44(34)54-56;;/h1-26,31-32H;;/q-4;2*+2. The molecule has 10 nitrogen and oxygen atoms in total. The first-order valence-electron chi connectivity index (χ1n) is 19.3. The first-order chi connectivity index (χ1) is 29.7. The fourth-order valence-electron chi connectivity index (χ4n) is 7.81. The van der Waals surface area contributed by atoms with Gasteiger partial charge in [0.05, 0.1) is 11.0 Å². The van der Waals surface area contributed by atoms with Crippen molar-refractivity contribution in [3.8, 4) is 46.0 Å². The summed E-state index contributed by atoms with van der Waals surface area (Å²) in [5, 5.41) is 13.4. The van der Waals surface area contributed by atoms with E-state index < -0.39 is 0 Å². The first kappa shape index (κ1) is 39.0. The van der Waals surface area contributed by atoms with E-state index in [2.05, 4.69) is 45.5 Å². The SMILES string of the molecule is [Pt+2].[Pt+2].[c-]1c(Oc2[c-]c3c(cc2)c2c(c4ccc(Oc5[c-]c(-n6cc7ccccc7n6)ccc5)[c-]c4n2-c2ccccn2)n3-c2ccccn2)cccc1-n1cc2ccccc2n1. The Kier molecular flexibility index (Phi) is 10.1. The Morgan fingerprint density at radius 2 is 0.839 bits per heavy atom. The molecule has 0 atom stereocenters. The van der Waals surface area contributed by atoms with Gasteiger partial charge < -0.3 is 18.6 Å². The minimum Gasteiger partial charge on any atom is -0.509 e. The summed E-state index contributed by atoms with van der Waals surface area (Å²) in [7, 11) is 0. The van der Waals surface area contributed by atoms with Crippen LogP contribution in [0.25, 0.3) is 77.7 Å². The van der Waals surface area contributed by atoms with E-state index in [9.17, 15) is 0 Å². The van der Waals surface area contributed by atoms with Gasteiger partial charge in [-0.3, -0.25) is 9.36 Å². The third kappa shape index (κ3) is 6.78. The Balaban J connectivity index is 0.00000229. The van der Waals surface area contributed by atoms with Gasteiger partial charge in [0.2, 0.25) is 0 Å². The van der Waals surface area contributed by atoms with Crippen molar-refractivity contribution in [1.29, 1.82) is 0 Å². The molecule has 0 amide bonds. The summed E-state index contributed by atoms with van der Waals surface area (Å²) < 4.78 is 20.8. The molecule has 300 valence electrons. The molecule has 6 aromatic carbocycles. The van der Waals surface area contributed by atoms with Gasteiger partial charge in [0, 0.05) is 69.6 Å². The number of benzene rings is 6. The van der Waals surface area contributed by atoms with E-state index in [0.717, 1.165) is 77.7 Å². The molecular weight excluding hydrogens is 1130 g/mol. The maximum absolute atomic E-state index is 6.48. The third-order valence-electron chi connectivity index (χ3n) is 10.4. The molecule has 0 aliphatic rings. The van der Waals surface area contributed by atoms with E-state index in [1.807, 2.05) is 155 Å². The molecule has 0 fully saturated rings. The van der Waals surface area contributed by atoms with E-state index >= 15 is 0 Å². The van der Waals surface area contributed by atoms with Crippen LogP contribution in [0, 0.1) is 24.3 Å². The average Bonchev–Trinajstić information content (AvgIpc) is 4.08. The molecule has 12 heteroatoms. The van der Waals surface area contributed by atoms with Crippen LogP contribution in [0.15, 0.2) is 170 Å². The van der Waals surface area contributed by atoms with E-state index in [4.69, 9.17) is 29.6 Å². The monoisotopic (exact) mass is 1160 g/mol. The summed E-state index contributed by atoms with van der Waals surface area (Å²) in [4.78, 5) is 9.65. The second-order valence-corrected chi connectivity index (χ2v) is 14.2. The number of ether oxygens (including phenoxy) is 2. The summed E-state index contributed by atoms with van der Waals surface area (Å²) in [6.45, 7) is 0. The van der Waals surface area contributed by atoms with E-state index in [-0.39, 0.29) is 42.1 Å². The molecule has 0 radical (unpaired) electrons. The molecule has 0 N–H and O–H groups in total. The second kappa shape index (κ2) is 16.1. The number of pyridine rings is 2. The van der Waals surface area contributed by atoms with Gasteiger partial charge in [0.1, 0.15) is 11.6 Å². The van der Waals surface area contributed by atoms with Crippen LogP contribution >= 0.6 is 0 Å². The largest absolute Gasteiger partial charge is 2.00 e. The number of aromatic nitrogens is 8. The quantitative estimate of drug-likeness (QED) is 0.141. The van der Waals surface area contributed by atoms with E-state index in [1.54, 1.807) is 12.4 Å². The van der Waals surface area contributed by atoms with Crippen LogP contribution in [0.2, 0.25) is 0 Å². The van der Waals surface area contributed by atoms with Crippen molar-refractivity contribution in [2.45, 2.75) is 0 Å². The summed E-state index contributed by atoms with van der Waals surface area (Å²) in [5.41, 5.74) is 6.75. The molecule has 0 aliphatic carbocycles. The molecule has 12 aromatic rings. The Morgan fingerprint density at radius 1 is 0.403 bits per heavy atom. The van der Waals surface area contributed by atoms with Crippen LogP contribution in [-0.2, 0) is 42.1 Å². The maximum Gasteiger partial charge on any atom is 2.00 e. The van der Waals surface area contributed by atoms with E-state index in [1.165, 1.54) is 0 Å². The fraction of sp³-hybridized carbons (Fsp3) is 0. The molecule has 0 saturated carbocycles. The average molecular weight is 1160 g/mol. The van der Waals surface area contributed by atoms with Crippen LogP contribution < -0.4 is 9.47 Å². The molecule has 6 heterocycles. The van der Waals surface area contributed by atoms with Gasteiger partial charge in [-0.2, -0.15) is 34.5 Å². The van der Waals surface area contributed by atoms with Crippen molar-refractivity contribution >= 4 is 54.6 Å². The predicted octanol–water partition coefficient (Wildman–Crippen LogP) is 11.0. The molecule has 12 rings (SSSR count). The number of rotatable bonds is 8. The van der Waals surface area contributed by atoms with E-state index in [0.29, 0.717) is 23.0 Å². The number of hydrogen-bond donors (Lipinski definition) is 0. The van der Waals surface area contributed by atoms with Crippen molar-refractivity contribution in [2.75, 3.05) is 0 Å². The normalized spacial score (nSPS) is 11.3. The minimum atomic E-state index is 0.